The minimum absolute atomic E-state index is 0.0399. The molecule has 0 fully saturated rings. The van der Waals surface area contributed by atoms with E-state index in [4.69, 9.17) is 16.7 Å². The van der Waals surface area contributed by atoms with Crippen molar-refractivity contribution in [2.45, 2.75) is 6.92 Å². The Morgan fingerprint density at radius 3 is 2.80 bits per heavy atom. The van der Waals surface area contributed by atoms with Gasteiger partial charge in [0.05, 0.1) is 0 Å². The summed E-state index contributed by atoms with van der Waals surface area (Å²) >= 11 is 5.88. The monoisotopic (exact) mass is 221 g/mol. The SMILES string of the molecule is Cc1cc(Cl)cc2c(C(=O)O)nccc12. The lowest BCUT2D eigenvalue weighted by atomic mass is 10.1. The number of hydrogen-bond acceptors (Lipinski definition) is 2. The van der Waals surface area contributed by atoms with E-state index in [0.717, 1.165) is 10.9 Å². The van der Waals surface area contributed by atoms with Gasteiger partial charge in [0, 0.05) is 16.6 Å². The van der Waals surface area contributed by atoms with Crippen LogP contribution in [0.4, 0.5) is 0 Å². The molecule has 1 aromatic carbocycles. The molecule has 1 N–H and O–H groups in total. The number of nitrogens with zero attached hydrogens (tertiary/aromatic N) is 1. The molecule has 0 saturated carbocycles. The number of aryl methyl sites for hydroxylation is 1. The Balaban J connectivity index is 2.91. The Hall–Kier alpha value is -1.61. The fourth-order valence-corrected chi connectivity index (χ4v) is 1.87. The molecule has 0 atom stereocenters. The van der Waals surface area contributed by atoms with Gasteiger partial charge in [-0.2, -0.15) is 0 Å². The van der Waals surface area contributed by atoms with Crippen LogP contribution in [-0.2, 0) is 0 Å². The summed E-state index contributed by atoms with van der Waals surface area (Å²) in [5, 5.41) is 10.9. The molecule has 4 heteroatoms. The standard InChI is InChI=1S/C11H8ClNO2/c1-6-4-7(12)5-9-8(6)2-3-13-10(9)11(14)15/h2-5H,1H3,(H,14,15). The van der Waals surface area contributed by atoms with Crippen molar-refractivity contribution in [1.82, 2.24) is 4.98 Å². The second kappa shape index (κ2) is 3.51. The van der Waals surface area contributed by atoms with Gasteiger partial charge in [-0.15, -0.1) is 0 Å². The zero-order valence-electron chi connectivity index (χ0n) is 7.99. The number of carboxylic acids is 1. The van der Waals surface area contributed by atoms with E-state index >= 15 is 0 Å². The second-order valence-electron chi connectivity index (χ2n) is 3.28. The Kier molecular flexibility index (Phi) is 2.32. The maximum atomic E-state index is 10.9. The fraction of sp³-hybridized carbons (Fsp3) is 0.0909. The summed E-state index contributed by atoms with van der Waals surface area (Å²) in [6.45, 7) is 1.89. The maximum Gasteiger partial charge on any atom is 0.355 e. The van der Waals surface area contributed by atoms with Crippen LogP contribution in [0.15, 0.2) is 24.4 Å². The molecule has 15 heavy (non-hydrogen) atoms. The molecule has 0 spiro atoms. The zero-order chi connectivity index (χ0) is 11.0. The minimum Gasteiger partial charge on any atom is -0.476 e. The van der Waals surface area contributed by atoms with E-state index in [9.17, 15) is 4.79 Å². The summed E-state index contributed by atoms with van der Waals surface area (Å²) in [5.74, 6) is -1.04. The molecular weight excluding hydrogens is 214 g/mol. The van der Waals surface area contributed by atoms with Crippen molar-refractivity contribution in [3.63, 3.8) is 0 Å². The molecule has 0 radical (unpaired) electrons. The van der Waals surface area contributed by atoms with E-state index in [1.165, 1.54) is 6.20 Å². The average molecular weight is 222 g/mol. The van der Waals surface area contributed by atoms with Gasteiger partial charge in [-0.3, -0.25) is 0 Å². The predicted octanol–water partition coefficient (Wildman–Crippen LogP) is 2.89. The highest BCUT2D eigenvalue weighted by Crippen LogP contribution is 2.25. The van der Waals surface area contributed by atoms with Gasteiger partial charge in [-0.25, -0.2) is 9.78 Å². The highest BCUT2D eigenvalue weighted by atomic mass is 35.5. The molecule has 0 unspecified atom stereocenters. The molecule has 2 aromatic rings. The van der Waals surface area contributed by atoms with E-state index in [1.807, 2.05) is 6.92 Å². The van der Waals surface area contributed by atoms with Gasteiger partial charge in [-0.1, -0.05) is 11.6 Å². The quantitative estimate of drug-likeness (QED) is 0.806. The van der Waals surface area contributed by atoms with Crippen molar-refractivity contribution in [3.05, 3.63) is 40.7 Å². The lowest BCUT2D eigenvalue weighted by Gasteiger charge is -2.05. The van der Waals surface area contributed by atoms with Gasteiger partial charge in [-0.05, 0) is 36.1 Å². The summed E-state index contributed by atoms with van der Waals surface area (Å²) in [6, 6.07) is 5.21. The van der Waals surface area contributed by atoms with Crippen molar-refractivity contribution >= 4 is 28.3 Å². The van der Waals surface area contributed by atoms with Crippen LogP contribution in [0.25, 0.3) is 10.8 Å². The van der Waals surface area contributed by atoms with Crippen LogP contribution in [0.5, 0.6) is 0 Å². The average Bonchev–Trinajstić information content (AvgIpc) is 2.16. The number of carbonyl (C=O) groups is 1. The van der Waals surface area contributed by atoms with E-state index in [2.05, 4.69) is 4.98 Å². The van der Waals surface area contributed by atoms with Gasteiger partial charge >= 0.3 is 5.97 Å². The second-order valence-corrected chi connectivity index (χ2v) is 3.72. The Labute approximate surface area is 91.3 Å². The summed E-state index contributed by atoms with van der Waals surface area (Å²) in [7, 11) is 0. The fourth-order valence-electron chi connectivity index (χ4n) is 1.60. The van der Waals surface area contributed by atoms with Crippen LogP contribution >= 0.6 is 11.6 Å². The van der Waals surface area contributed by atoms with E-state index in [1.54, 1.807) is 18.2 Å². The summed E-state index contributed by atoms with van der Waals surface area (Å²) in [4.78, 5) is 14.8. The van der Waals surface area contributed by atoms with Gasteiger partial charge in [0.1, 0.15) is 0 Å². The number of rotatable bonds is 1. The lowest BCUT2D eigenvalue weighted by Crippen LogP contribution is -2.01. The molecule has 76 valence electrons. The van der Waals surface area contributed by atoms with Gasteiger partial charge < -0.3 is 5.11 Å². The van der Waals surface area contributed by atoms with Gasteiger partial charge in [0.15, 0.2) is 5.69 Å². The largest absolute Gasteiger partial charge is 0.476 e. The van der Waals surface area contributed by atoms with Gasteiger partial charge in [0.25, 0.3) is 0 Å². The van der Waals surface area contributed by atoms with Crippen LogP contribution in [0.1, 0.15) is 16.1 Å². The summed E-state index contributed by atoms with van der Waals surface area (Å²) in [5.41, 5.74) is 0.987. The van der Waals surface area contributed by atoms with Crippen molar-refractivity contribution in [1.29, 1.82) is 0 Å². The molecule has 1 heterocycles. The van der Waals surface area contributed by atoms with Crippen molar-refractivity contribution in [2.24, 2.45) is 0 Å². The van der Waals surface area contributed by atoms with Crippen LogP contribution in [0.3, 0.4) is 0 Å². The third-order valence-corrected chi connectivity index (χ3v) is 2.47. The highest BCUT2D eigenvalue weighted by molar-refractivity contribution is 6.31. The third-order valence-electron chi connectivity index (χ3n) is 2.25. The first-order valence-electron chi connectivity index (χ1n) is 4.38. The Morgan fingerprint density at radius 1 is 1.40 bits per heavy atom. The number of benzene rings is 1. The zero-order valence-corrected chi connectivity index (χ0v) is 8.75. The topological polar surface area (TPSA) is 50.2 Å². The molecule has 0 aliphatic heterocycles. The van der Waals surface area contributed by atoms with E-state index in [-0.39, 0.29) is 5.69 Å². The third kappa shape index (κ3) is 1.66. The smallest absolute Gasteiger partial charge is 0.355 e. The van der Waals surface area contributed by atoms with Crippen LogP contribution in [0.2, 0.25) is 5.02 Å². The van der Waals surface area contributed by atoms with Crippen LogP contribution < -0.4 is 0 Å². The van der Waals surface area contributed by atoms with E-state index < -0.39 is 5.97 Å². The number of fused-ring (bicyclic) bond motifs is 1. The number of aromatic carboxylic acids is 1. The van der Waals surface area contributed by atoms with E-state index in [0.29, 0.717) is 10.4 Å². The number of aromatic nitrogens is 1. The summed E-state index contributed by atoms with van der Waals surface area (Å²) in [6.07, 6.45) is 1.49. The van der Waals surface area contributed by atoms with Crippen molar-refractivity contribution < 1.29 is 9.90 Å². The van der Waals surface area contributed by atoms with Crippen LogP contribution in [0, 0.1) is 6.92 Å². The van der Waals surface area contributed by atoms with Crippen molar-refractivity contribution in [3.8, 4) is 0 Å². The van der Waals surface area contributed by atoms with Crippen LogP contribution in [-0.4, -0.2) is 16.1 Å². The number of pyridine rings is 1. The predicted molar refractivity (Wildman–Crippen MR) is 58.4 cm³/mol. The Bertz CT molecular complexity index is 552. The lowest BCUT2D eigenvalue weighted by molar-refractivity contribution is 0.0693. The molecule has 0 saturated heterocycles. The number of halogens is 1. The molecule has 0 bridgehead atoms. The maximum absolute atomic E-state index is 10.9. The first kappa shape index (κ1) is 9.93. The molecular formula is C11H8ClNO2. The Morgan fingerprint density at radius 2 is 2.13 bits per heavy atom. The first-order chi connectivity index (χ1) is 7.09. The molecule has 0 aliphatic rings. The minimum atomic E-state index is -1.04. The molecule has 2 rings (SSSR count). The normalized spacial score (nSPS) is 10.5. The van der Waals surface area contributed by atoms with Gasteiger partial charge in [0.2, 0.25) is 0 Å². The number of carboxylic acid groups (broad SMARTS) is 1. The molecule has 3 nitrogen and oxygen atoms in total. The molecule has 0 amide bonds. The molecule has 0 aliphatic carbocycles. The first-order valence-corrected chi connectivity index (χ1v) is 4.75. The number of hydrogen-bond donors (Lipinski definition) is 1. The summed E-state index contributed by atoms with van der Waals surface area (Å²) < 4.78 is 0. The highest BCUT2D eigenvalue weighted by Gasteiger charge is 2.11. The molecule has 1 aromatic heterocycles. The van der Waals surface area contributed by atoms with Crippen molar-refractivity contribution in [2.75, 3.05) is 0 Å².